The zero-order valence-corrected chi connectivity index (χ0v) is 24.1. The summed E-state index contributed by atoms with van der Waals surface area (Å²) in [5, 5.41) is 12.4. The number of likely N-dealkylation sites (tertiary alicyclic amines) is 2. The zero-order chi connectivity index (χ0) is 28.4. The number of aliphatic hydroxyl groups is 1. The van der Waals surface area contributed by atoms with E-state index in [2.05, 4.69) is 15.1 Å². The molecular formula is C32H45N5O4. The van der Waals surface area contributed by atoms with E-state index in [9.17, 15) is 14.7 Å². The lowest BCUT2D eigenvalue weighted by Gasteiger charge is -2.32. The molecule has 1 atom stereocenters. The van der Waals surface area contributed by atoms with E-state index in [1.165, 1.54) is 0 Å². The van der Waals surface area contributed by atoms with Crippen molar-refractivity contribution in [3.8, 4) is 11.1 Å². The van der Waals surface area contributed by atoms with Gasteiger partial charge < -0.3 is 24.5 Å². The van der Waals surface area contributed by atoms with Crippen LogP contribution in [0.4, 0.5) is 15.3 Å². The van der Waals surface area contributed by atoms with Crippen LogP contribution in [0.25, 0.3) is 11.1 Å². The van der Waals surface area contributed by atoms with Gasteiger partial charge in [-0.05, 0) is 63.2 Å². The van der Waals surface area contributed by atoms with Crippen LogP contribution < -0.4 is 5.32 Å². The van der Waals surface area contributed by atoms with Crippen molar-refractivity contribution in [2.75, 3.05) is 70.8 Å². The summed E-state index contributed by atoms with van der Waals surface area (Å²) in [5.41, 5.74) is 2.77. The highest BCUT2D eigenvalue weighted by atomic mass is 16.6. The Hall–Kier alpha value is -3.14. The molecule has 3 aliphatic rings. The molecular weight excluding hydrogens is 518 g/mol. The molecule has 0 unspecified atom stereocenters. The second kappa shape index (κ2) is 14.7. The normalized spacial score (nSPS) is 20.6. The lowest BCUT2D eigenvalue weighted by molar-refractivity contribution is 0.0581. The van der Waals surface area contributed by atoms with Crippen molar-refractivity contribution in [3.05, 3.63) is 54.6 Å². The highest BCUT2D eigenvalue weighted by Gasteiger charge is 2.29. The van der Waals surface area contributed by atoms with Crippen LogP contribution in [0.5, 0.6) is 0 Å². The van der Waals surface area contributed by atoms with E-state index in [1.54, 1.807) is 0 Å². The number of hydrogen-bond donors (Lipinski definition) is 2. The minimum absolute atomic E-state index is 0.0860. The monoisotopic (exact) mass is 563 g/mol. The predicted octanol–water partition coefficient (Wildman–Crippen LogP) is 4.34. The topological polar surface area (TPSA) is 88.6 Å². The fraction of sp³-hybridized carbons (Fsp3) is 0.562. The number of rotatable bonds is 12. The van der Waals surface area contributed by atoms with E-state index in [0.717, 1.165) is 114 Å². The number of benzene rings is 2. The molecule has 9 nitrogen and oxygen atoms in total. The Morgan fingerprint density at radius 3 is 2.24 bits per heavy atom. The van der Waals surface area contributed by atoms with Crippen molar-refractivity contribution >= 4 is 17.8 Å². The lowest BCUT2D eigenvalue weighted by Crippen LogP contribution is -2.40. The Labute approximate surface area is 244 Å². The van der Waals surface area contributed by atoms with Gasteiger partial charge in [-0.2, -0.15) is 0 Å². The maximum absolute atomic E-state index is 12.8. The highest BCUT2D eigenvalue weighted by molar-refractivity contribution is 5.91. The average Bonchev–Trinajstić information content (AvgIpc) is 3.60. The first-order valence-corrected chi connectivity index (χ1v) is 15.3. The summed E-state index contributed by atoms with van der Waals surface area (Å²) in [6.07, 6.45) is 5.30. The maximum atomic E-state index is 12.8. The van der Waals surface area contributed by atoms with E-state index < -0.39 is 6.09 Å². The summed E-state index contributed by atoms with van der Waals surface area (Å²) >= 11 is 0. The number of piperidine rings is 1. The number of urea groups is 1. The number of para-hydroxylation sites is 1. The molecule has 0 aliphatic carbocycles. The Bertz CT molecular complexity index is 1120. The molecule has 0 saturated carbocycles. The van der Waals surface area contributed by atoms with Crippen LogP contribution in [0.2, 0.25) is 0 Å². The molecule has 3 amide bonds. The molecule has 0 spiro atoms. The fourth-order valence-electron chi connectivity index (χ4n) is 6.40. The van der Waals surface area contributed by atoms with Crippen molar-refractivity contribution in [3.63, 3.8) is 0 Å². The summed E-state index contributed by atoms with van der Waals surface area (Å²) in [7, 11) is 0. The van der Waals surface area contributed by atoms with Gasteiger partial charge in [0.25, 0.3) is 0 Å². The molecule has 2 aromatic carbocycles. The van der Waals surface area contributed by atoms with Gasteiger partial charge in [-0.1, -0.05) is 48.5 Å². The second-order valence-electron chi connectivity index (χ2n) is 11.5. The summed E-state index contributed by atoms with van der Waals surface area (Å²) in [6.45, 7) is 8.18. The first kappa shape index (κ1) is 29.4. The van der Waals surface area contributed by atoms with E-state index in [0.29, 0.717) is 6.04 Å². The van der Waals surface area contributed by atoms with Gasteiger partial charge in [-0.3, -0.25) is 10.2 Å². The first-order valence-electron chi connectivity index (χ1n) is 15.3. The third-order valence-electron chi connectivity index (χ3n) is 8.72. The third-order valence-corrected chi connectivity index (χ3v) is 8.72. The quantitative estimate of drug-likeness (QED) is 0.400. The summed E-state index contributed by atoms with van der Waals surface area (Å²) in [6, 6.07) is 18.3. The molecule has 9 heteroatoms. The first-order chi connectivity index (χ1) is 20.1. The predicted molar refractivity (Wildman–Crippen MR) is 161 cm³/mol. The van der Waals surface area contributed by atoms with E-state index in [4.69, 9.17) is 4.74 Å². The zero-order valence-electron chi connectivity index (χ0n) is 24.1. The van der Waals surface area contributed by atoms with Crippen molar-refractivity contribution in [2.45, 2.75) is 50.7 Å². The van der Waals surface area contributed by atoms with Crippen molar-refractivity contribution in [2.24, 2.45) is 0 Å². The molecule has 2 aromatic rings. The molecule has 2 N–H and O–H groups in total. The van der Waals surface area contributed by atoms with Crippen molar-refractivity contribution in [1.29, 1.82) is 0 Å². The fourth-order valence-corrected chi connectivity index (χ4v) is 6.40. The summed E-state index contributed by atoms with van der Waals surface area (Å²) < 4.78 is 5.77. The average molecular weight is 564 g/mol. The number of hydrogen-bond acceptors (Lipinski definition) is 6. The maximum Gasteiger partial charge on any atom is 0.411 e. The van der Waals surface area contributed by atoms with Gasteiger partial charge in [0.1, 0.15) is 6.10 Å². The molecule has 41 heavy (non-hydrogen) atoms. The number of nitrogens with zero attached hydrogens (tertiary/aromatic N) is 4. The number of nitrogens with one attached hydrogen (secondary N) is 1. The van der Waals surface area contributed by atoms with Gasteiger partial charge in [0.15, 0.2) is 0 Å². The third kappa shape index (κ3) is 7.99. The number of anilines is 1. The SMILES string of the molecule is O=C(Nc1ccccc1-c1ccccc1)OC1CCN(CCCN2CCN(CCCN3CCC[C@H]3CO)C2=O)CC1. The number of amides is 3. The Morgan fingerprint density at radius 1 is 0.829 bits per heavy atom. The van der Waals surface area contributed by atoms with Crippen molar-refractivity contribution < 1.29 is 19.4 Å². The Balaban J connectivity index is 0.964. The van der Waals surface area contributed by atoms with E-state index in [-0.39, 0.29) is 18.7 Å². The summed E-state index contributed by atoms with van der Waals surface area (Å²) in [5.74, 6) is 0. The summed E-state index contributed by atoms with van der Waals surface area (Å²) in [4.78, 5) is 34.3. The van der Waals surface area contributed by atoms with Crippen LogP contribution in [0.1, 0.15) is 38.5 Å². The lowest BCUT2D eigenvalue weighted by atomic mass is 10.0. The van der Waals surface area contributed by atoms with Crippen LogP contribution in [-0.2, 0) is 4.74 Å². The highest BCUT2D eigenvalue weighted by Crippen LogP contribution is 2.28. The van der Waals surface area contributed by atoms with Gasteiger partial charge in [0.05, 0.1) is 12.3 Å². The molecule has 3 fully saturated rings. The minimum Gasteiger partial charge on any atom is -0.446 e. The number of aliphatic hydroxyl groups excluding tert-OH is 1. The van der Waals surface area contributed by atoms with Crippen LogP contribution in [-0.4, -0.2) is 114 Å². The second-order valence-corrected chi connectivity index (χ2v) is 11.5. The number of ether oxygens (including phenoxy) is 1. The van der Waals surface area contributed by atoms with Gasteiger partial charge in [-0.25, -0.2) is 9.59 Å². The van der Waals surface area contributed by atoms with Gasteiger partial charge in [0.2, 0.25) is 0 Å². The Kier molecular flexibility index (Phi) is 10.5. The van der Waals surface area contributed by atoms with Crippen LogP contribution in [0.3, 0.4) is 0 Å². The number of carbonyl (C=O) groups excluding carboxylic acids is 2. The van der Waals surface area contributed by atoms with Crippen molar-refractivity contribution in [1.82, 2.24) is 19.6 Å². The van der Waals surface area contributed by atoms with Crippen LogP contribution in [0, 0.1) is 0 Å². The van der Waals surface area contributed by atoms with Gasteiger partial charge in [-0.15, -0.1) is 0 Å². The minimum atomic E-state index is -0.405. The molecule has 3 saturated heterocycles. The van der Waals surface area contributed by atoms with Crippen LogP contribution >= 0.6 is 0 Å². The van der Waals surface area contributed by atoms with Gasteiger partial charge in [0, 0.05) is 57.4 Å². The smallest absolute Gasteiger partial charge is 0.411 e. The Morgan fingerprint density at radius 2 is 1.51 bits per heavy atom. The molecule has 0 radical (unpaired) electrons. The standard InChI is InChI=1S/C32H45N5O4/c38-25-27-11-6-17-35(27)18-8-20-37-24-23-36(32(37)40)19-7-16-34-21-14-28(15-22-34)41-31(39)33-30-13-5-4-12-29(30)26-9-2-1-3-10-26/h1-5,9-10,12-13,27-28,38H,6-8,11,14-25H2,(H,33,39)/t27-/m0/s1. The molecule has 5 rings (SSSR count). The molecule has 222 valence electrons. The van der Waals surface area contributed by atoms with E-state index in [1.807, 2.05) is 64.4 Å². The van der Waals surface area contributed by atoms with Gasteiger partial charge >= 0.3 is 12.1 Å². The number of carbonyl (C=O) groups is 2. The van der Waals surface area contributed by atoms with Crippen LogP contribution in [0.15, 0.2) is 54.6 Å². The molecule has 0 aromatic heterocycles. The largest absolute Gasteiger partial charge is 0.446 e. The molecule has 3 heterocycles. The molecule has 3 aliphatic heterocycles. The van der Waals surface area contributed by atoms with E-state index >= 15 is 0 Å². The molecule has 0 bridgehead atoms.